The molecule has 102 heavy (non-hydrogen) atoms. The van der Waals surface area contributed by atoms with Gasteiger partial charge in [0.1, 0.15) is 34.5 Å². The Balaban J connectivity index is 0.848. The summed E-state index contributed by atoms with van der Waals surface area (Å²) in [6.45, 7) is 18.4. The van der Waals surface area contributed by atoms with E-state index in [-0.39, 0.29) is 85.1 Å². The minimum Gasteiger partial charge on any atom is -0.494 e. The van der Waals surface area contributed by atoms with Crippen molar-refractivity contribution < 1.29 is 89.4 Å². The van der Waals surface area contributed by atoms with E-state index in [1.165, 1.54) is 36.4 Å². The fourth-order valence-electron chi connectivity index (χ4n) is 12.0. The van der Waals surface area contributed by atoms with Crippen LogP contribution in [0.1, 0.15) is 159 Å². The second-order valence-corrected chi connectivity index (χ2v) is 25.4. The zero-order valence-electron chi connectivity index (χ0n) is 58.9. The third-order valence-electron chi connectivity index (χ3n) is 17.3. The van der Waals surface area contributed by atoms with Crippen LogP contribution in [-0.4, -0.2) is 160 Å². The Labute approximate surface area is 595 Å². The molecule has 4 aromatic carbocycles. The van der Waals surface area contributed by atoms with Crippen molar-refractivity contribution in [1.29, 1.82) is 0 Å². The minimum absolute atomic E-state index is 0.0676. The maximum absolute atomic E-state index is 14.0. The monoisotopic (exact) mass is 1430 g/mol. The molecule has 2 aliphatic heterocycles. The molecule has 2 aromatic heterocycles. The van der Waals surface area contributed by atoms with Gasteiger partial charge >= 0.3 is 20.2 Å². The van der Waals surface area contributed by atoms with Gasteiger partial charge in [0, 0.05) is 62.5 Å². The number of furan rings is 2. The largest absolute Gasteiger partial charge is 0.494 e. The summed E-state index contributed by atoms with van der Waals surface area (Å²) in [4.78, 5) is 123. The van der Waals surface area contributed by atoms with Crippen molar-refractivity contribution in [3.63, 3.8) is 0 Å². The van der Waals surface area contributed by atoms with Crippen LogP contribution in [0.3, 0.4) is 0 Å². The van der Waals surface area contributed by atoms with Crippen LogP contribution in [0.2, 0.25) is 0 Å². The first-order valence-corrected chi connectivity index (χ1v) is 36.3. The molecule has 0 bridgehead atoms. The van der Waals surface area contributed by atoms with Gasteiger partial charge in [0.25, 0.3) is 11.8 Å². The van der Waals surface area contributed by atoms with Gasteiger partial charge in [0.2, 0.25) is 24.6 Å². The number of hydrogen-bond donors (Lipinski definition) is 4. The van der Waals surface area contributed by atoms with Crippen LogP contribution in [0, 0.1) is 11.8 Å². The number of unbranched alkanes of at least 4 members (excludes halogenated alkanes) is 4. The van der Waals surface area contributed by atoms with Gasteiger partial charge in [-0.2, -0.15) is 10.1 Å². The van der Waals surface area contributed by atoms with Gasteiger partial charge in [-0.1, -0.05) is 90.5 Å². The van der Waals surface area contributed by atoms with E-state index in [4.69, 9.17) is 46.5 Å². The van der Waals surface area contributed by atoms with E-state index in [9.17, 15) is 42.9 Å². The van der Waals surface area contributed by atoms with Crippen molar-refractivity contribution in [2.75, 3.05) is 79.2 Å². The third-order valence-corrected chi connectivity index (χ3v) is 18.2. The normalized spacial score (nSPS) is 14.4. The average Bonchev–Trinajstić information content (AvgIpc) is 1.38. The zero-order chi connectivity index (χ0) is 72.8. The molecular weight excluding hydrogens is 1340 g/mol. The molecule has 28 heteroatoms. The number of hydroxylamine groups is 4. The fourth-order valence-corrected chi connectivity index (χ4v) is 12.7. The molecule has 6 aromatic rings. The predicted octanol–water partition coefficient (Wildman–Crippen LogP) is 10.5. The summed E-state index contributed by atoms with van der Waals surface area (Å²) in [5, 5.41) is 12.6. The first-order valence-electron chi connectivity index (χ1n) is 35.0. The summed E-state index contributed by atoms with van der Waals surface area (Å²) in [6.07, 6.45) is 6.79. The van der Waals surface area contributed by atoms with Gasteiger partial charge in [-0.25, -0.2) is 14.2 Å². The summed E-state index contributed by atoms with van der Waals surface area (Å²) >= 11 is 0. The molecular formula is C74H95N8O19P. The first kappa shape index (κ1) is 78.2. The summed E-state index contributed by atoms with van der Waals surface area (Å²) in [6, 6.07) is 27.6. The lowest BCUT2D eigenvalue weighted by molar-refractivity contribution is -0.171. The standard InChI is InChI=1S/C74H95N8O19P/c1-7-13-15-17-61(63(9-3)81(49-83)98-73(89)53-23-19-51(20-24-53)45-79-31-35-92-36-32-79)69(85)75-47-77-71(87)67-29-27-65(96-67)55-39-57(94-11-5)43-59(41-55)100-102(91)101-60-42-56(40-58(44-60)95-12-6)66-28-30-68(97-66)72(88)78-48-76-70(86)62(18-16-14-8-2)64(10-4)82(50-84)99-74(90)54-25-21-52(22-26-54)46-80-33-37-93-38-34-80/h19-30,39-44,49-50,61-64,102H,7-18,31-38,45-48H2,1-6H3,(H,75,85)(H,76,86)(H,77,87)(H,78,88)/t61-,62-,63-,64-/m1/s1. The molecule has 27 nitrogen and oxygen atoms in total. The molecule has 6 amide bonds. The van der Waals surface area contributed by atoms with Gasteiger partial charge in [0.05, 0.1) is 88.0 Å². The average molecular weight is 1430 g/mol. The second-order valence-electron chi connectivity index (χ2n) is 24.5. The summed E-state index contributed by atoms with van der Waals surface area (Å²) in [5.41, 5.74) is 3.27. The highest BCUT2D eigenvalue weighted by molar-refractivity contribution is 7.34. The maximum atomic E-state index is 14.0. The lowest BCUT2D eigenvalue weighted by Gasteiger charge is -2.31. The third kappa shape index (κ3) is 23.3. The summed E-state index contributed by atoms with van der Waals surface area (Å²) in [5.74, 6) is -4.37. The Kier molecular flexibility index (Phi) is 31.3. The highest BCUT2D eigenvalue weighted by Gasteiger charge is 2.36. The number of carbonyl (C=O) groups excluding carboxylic acids is 8. The molecule has 2 aliphatic rings. The predicted molar refractivity (Wildman–Crippen MR) is 377 cm³/mol. The van der Waals surface area contributed by atoms with Crippen LogP contribution >= 0.6 is 8.25 Å². The molecule has 8 rings (SSSR count). The van der Waals surface area contributed by atoms with Crippen molar-refractivity contribution in [1.82, 2.24) is 41.2 Å². The van der Waals surface area contributed by atoms with E-state index in [2.05, 4.69) is 31.1 Å². The molecule has 2 fully saturated rings. The molecule has 550 valence electrons. The van der Waals surface area contributed by atoms with Crippen LogP contribution in [0.5, 0.6) is 23.0 Å². The number of amides is 6. The summed E-state index contributed by atoms with van der Waals surface area (Å²) < 4.78 is 60.0. The number of nitrogens with zero attached hydrogens (tertiary/aromatic N) is 4. The van der Waals surface area contributed by atoms with Crippen molar-refractivity contribution >= 4 is 56.6 Å². The highest BCUT2D eigenvalue weighted by atomic mass is 31.1. The van der Waals surface area contributed by atoms with Crippen molar-refractivity contribution in [3.05, 3.63) is 143 Å². The smallest absolute Gasteiger partial charge is 0.418 e. The molecule has 0 unspecified atom stereocenters. The molecule has 0 radical (unpaired) electrons. The molecule has 0 aliphatic carbocycles. The quantitative estimate of drug-likeness (QED) is 0.00910. The Morgan fingerprint density at radius 1 is 0.500 bits per heavy atom. The van der Waals surface area contributed by atoms with Gasteiger partial charge in [-0.05, 0) is 123 Å². The van der Waals surface area contributed by atoms with Crippen molar-refractivity contribution in [2.45, 2.75) is 131 Å². The van der Waals surface area contributed by atoms with Gasteiger partial charge in [-0.15, -0.1) is 0 Å². The molecule has 4 N–H and O–H groups in total. The number of benzene rings is 4. The Bertz CT molecular complexity index is 3490. The lowest BCUT2D eigenvalue weighted by atomic mass is 9.90. The SMILES string of the molecule is CCCCC[C@@H](C(=O)NCNC(=O)c1ccc(-c2cc(OCC)cc(O[PH](=O)Oc3cc(OCC)cc(-c4ccc(C(=O)NCNC(=O)[C@H](CCCCC)[C@@H](CC)N(C=O)OC(=O)c5ccc(CN6CCOCC6)cc5)o4)c3)c2)o1)[C@@H](CC)N(C=O)OC(=O)c1ccc(CN2CCOCC2)cc1. The van der Waals surface area contributed by atoms with Gasteiger partial charge in [-0.3, -0.25) is 38.6 Å². The number of ether oxygens (including phenoxy) is 4. The second kappa shape index (κ2) is 40.8. The Morgan fingerprint density at radius 3 is 1.24 bits per heavy atom. The minimum atomic E-state index is -3.41. The van der Waals surface area contributed by atoms with Crippen LogP contribution in [-0.2, 0) is 56.0 Å². The Hall–Kier alpha value is -9.53. The van der Waals surface area contributed by atoms with Gasteiger partial charge in [0.15, 0.2) is 11.5 Å². The molecule has 2 saturated heterocycles. The maximum Gasteiger partial charge on any atom is 0.418 e. The van der Waals surface area contributed by atoms with E-state index in [0.717, 1.165) is 73.1 Å². The first-order chi connectivity index (χ1) is 49.6. The van der Waals surface area contributed by atoms with E-state index < -0.39 is 67.7 Å². The Morgan fingerprint density at radius 2 is 0.882 bits per heavy atom. The van der Waals surface area contributed by atoms with Crippen molar-refractivity contribution in [2.24, 2.45) is 11.8 Å². The van der Waals surface area contributed by atoms with Gasteiger partial charge < -0.3 is 67.8 Å². The number of nitrogens with one attached hydrogen (secondary N) is 4. The number of hydrogen-bond acceptors (Lipinski definition) is 21. The highest BCUT2D eigenvalue weighted by Crippen LogP contribution is 2.40. The lowest BCUT2D eigenvalue weighted by Crippen LogP contribution is -2.49. The van der Waals surface area contributed by atoms with Crippen LogP contribution in [0.15, 0.2) is 118 Å². The van der Waals surface area contributed by atoms with Crippen LogP contribution in [0.25, 0.3) is 22.6 Å². The van der Waals surface area contributed by atoms with E-state index in [1.807, 2.05) is 38.1 Å². The molecule has 4 heterocycles. The zero-order valence-corrected chi connectivity index (χ0v) is 59.9. The summed E-state index contributed by atoms with van der Waals surface area (Å²) in [7, 11) is -3.41. The van der Waals surface area contributed by atoms with Crippen LogP contribution < -0.4 is 39.8 Å². The molecule has 0 spiro atoms. The number of morpholine rings is 2. The topological polar surface area (TPSA) is 315 Å². The molecule has 4 atom stereocenters. The number of carbonyl (C=O) groups is 8. The van der Waals surface area contributed by atoms with E-state index >= 15 is 0 Å². The van der Waals surface area contributed by atoms with E-state index in [0.29, 0.717) is 101 Å². The van der Waals surface area contributed by atoms with E-state index in [1.54, 1.807) is 76.2 Å². The number of rotatable bonds is 42. The van der Waals surface area contributed by atoms with Crippen LogP contribution in [0.4, 0.5) is 0 Å². The fraction of sp³-hybridized carbons (Fsp3) is 0.459. The molecule has 0 saturated carbocycles. The van der Waals surface area contributed by atoms with Crippen molar-refractivity contribution in [3.8, 4) is 45.6 Å².